The van der Waals surface area contributed by atoms with Crippen molar-refractivity contribution in [3.63, 3.8) is 0 Å². The molecular formula is C43H28N6. The van der Waals surface area contributed by atoms with Crippen molar-refractivity contribution in [2.24, 2.45) is 0 Å². The highest BCUT2D eigenvalue weighted by Crippen LogP contribution is 2.44. The summed E-state index contributed by atoms with van der Waals surface area (Å²) >= 11 is 0. The molecule has 10 aromatic rings. The van der Waals surface area contributed by atoms with Gasteiger partial charge in [0.1, 0.15) is 11.3 Å². The normalized spacial score (nSPS) is 11.7. The van der Waals surface area contributed by atoms with Crippen LogP contribution in [-0.4, -0.2) is 28.7 Å². The molecule has 6 aromatic carbocycles. The highest BCUT2D eigenvalue weighted by molar-refractivity contribution is 6.28. The lowest BCUT2D eigenvalue weighted by Gasteiger charge is -2.11. The van der Waals surface area contributed by atoms with Crippen LogP contribution in [0.2, 0.25) is 0 Å². The summed E-state index contributed by atoms with van der Waals surface area (Å²) in [4.78, 5) is 14.4. The van der Waals surface area contributed by atoms with Gasteiger partial charge in [0.05, 0.1) is 16.6 Å². The van der Waals surface area contributed by atoms with Crippen LogP contribution < -0.4 is 0 Å². The molecule has 230 valence electrons. The highest BCUT2D eigenvalue weighted by Gasteiger charge is 2.26. The Morgan fingerprint density at radius 1 is 0.388 bits per heavy atom. The van der Waals surface area contributed by atoms with Crippen molar-refractivity contribution in [3.05, 3.63) is 170 Å². The van der Waals surface area contributed by atoms with E-state index in [1.54, 1.807) is 12.4 Å². The predicted octanol–water partition coefficient (Wildman–Crippen LogP) is 10.2. The molecule has 6 nitrogen and oxygen atoms in total. The van der Waals surface area contributed by atoms with Gasteiger partial charge in [0.2, 0.25) is 0 Å². The van der Waals surface area contributed by atoms with Gasteiger partial charge in [-0.2, -0.15) is 0 Å². The van der Waals surface area contributed by atoms with E-state index < -0.39 is 0 Å². The van der Waals surface area contributed by atoms with Gasteiger partial charge in [-0.05, 0) is 72.8 Å². The quantitative estimate of drug-likeness (QED) is 0.191. The van der Waals surface area contributed by atoms with Crippen molar-refractivity contribution in [2.45, 2.75) is 0 Å². The molecule has 0 N–H and O–H groups in total. The smallest absolute Gasteiger partial charge is 0.165 e. The van der Waals surface area contributed by atoms with E-state index in [0.29, 0.717) is 5.82 Å². The zero-order chi connectivity index (χ0) is 32.3. The highest BCUT2D eigenvalue weighted by atomic mass is 15.2. The maximum absolute atomic E-state index is 5.47. The first-order valence-corrected chi connectivity index (χ1v) is 16.4. The van der Waals surface area contributed by atoms with Gasteiger partial charge >= 0.3 is 0 Å². The second-order valence-corrected chi connectivity index (χ2v) is 12.1. The lowest BCUT2D eigenvalue weighted by atomic mass is 10.1. The number of rotatable bonds is 5. The minimum Gasteiger partial charge on any atom is -0.309 e. The van der Waals surface area contributed by atoms with E-state index in [1.807, 2.05) is 6.07 Å². The fourth-order valence-corrected chi connectivity index (χ4v) is 7.31. The Balaban J connectivity index is 1.36. The molecule has 0 atom stereocenters. The average molecular weight is 629 g/mol. The first-order valence-electron chi connectivity index (χ1n) is 16.4. The van der Waals surface area contributed by atoms with Crippen molar-refractivity contribution in [2.75, 3.05) is 0 Å². The van der Waals surface area contributed by atoms with Gasteiger partial charge < -0.3 is 4.57 Å². The fraction of sp³-hybridized carbons (Fsp3) is 0. The topological polar surface area (TPSA) is 53.5 Å². The van der Waals surface area contributed by atoms with E-state index in [9.17, 15) is 0 Å². The molecule has 0 spiro atoms. The lowest BCUT2D eigenvalue weighted by molar-refractivity contribution is 1.10. The number of nitrogens with zero attached hydrogens (tertiary/aromatic N) is 6. The van der Waals surface area contributed by atoms with Crippen molar-refractivity contribution < 1.29 is 0 Å². The van der Waals surface area contributed by atoms with Crippen molar-refractivity contribution >= 4 is 43.9 Å². The van der Waals surface area contributed by atoms with Crippen molar-refractivity contribution in [1.82, 2.24) is 28.7 Å². The third-order valence-electron chi connectivity index (χ3n) is 9.38. The van der Waals surface area contributed by atoms with Crippen LogP contribution in [0.4, 0.5) is 0 Å². The van der Waals surface area contributed by atoms with E-state index in [2.05, 4.69) is 175 Å². The van der Waals surface area contributed by atoms with Crippen molar-refractivity contribution in [1.29, 1.82) is 0 Å². The molecule has 0 aliphatic carbocycles. The minimum absolute atomic E-state index is 0.714. The van der Waals surface area contributed by atoms with E-state index in [1.165, 1.54) is 16.2 Å². The summed E-state index contributed by atoms with van der Waals surface area (Å²) in [5, 5.41) is 3.55. The van der Waals surface area contributed by atoms with Crippen LogP contribution in [0.1, 0.15) is 0 Å². The lowest BCUT2D eigenvalue weighted by Crippen LogP contribution is -1.98. The molecule has 0 saturated carbocycles. The van der Waals surface area contributed by atoms with Gasteiger partial charge in [0, 0.05) is 56.7 Å². The molecule has 0 aliphatic heterocycles. The Labute approximate surface area is 281 Å². The first-order chi connectivity index (χ1) is 24.3. The standard InChI is InChI=1S/C43H28N6/c1-4-13-30(14-5-1)42-46-43-40(49(42)32-17-8-3-9-18-32)39-37(48(43)31-15-6-2-7-16-31)26-25-36-38(39)34-19-10-11-20-35(34)47(36)33-23-21-29(22-24-33)41-44-27-12-28-45-41/h1-28H. The summed E-state index contributed by atoms with van der Waals surface area (Å²) < 4.78 is 7.02. The molecule has 10 rings (SSSR count). The summed E-state index contributed by atoms with van der Waals surface area (Å²) in [6, 6.07) is 55.2. The second-order valence-electron chi connectivity index (χ2n) is 12.1. The van der Waals surface area contributed by atoms with Gasteiger partial charge in [0.15, 0.2) is 11.5 Å². The number of hydrogen-bond acceptors (Lipinski definition) is 3. The largest absolute Gasteiger partial charge is 0.309 e. The number of fused-ring (bicyclic) bond motifs is 7. The number of benzene rings is 6. The fourth-order valence-electron chi connectivity index (χ4n) is 7.31. The molecule has 0 aliphatic rings. The van der Waals surface area contributed by atoms with Crippen LogP contribution in [0, 0.1) is 0 Å². The maximum atomic E-state index is 5.47. The number of para-hydroxylation sites is 3. The van der Waals surface area contributed by atoms with Crippen LogP contribution in [-0.2, 0) is 0 Å². The molecule has 0 unspecified atom stereocenters. The molecule has 6 heteroatoms. The molecule has 49 heavy (non-hydrogen) atoms. The average Bonchev–Trinajstić information content (AvgIpc) is 3.83. The summed E-state index contributed by atoms with van der Waals surface area (Å²) in [5.41, 5.74) is 10.6. The minimum atomic E-state index is 0.714. The summed E-state index contributed by atoms with van der Waals surface area (Å²) in [7, 11) is 0. The third-order valence-corrected chi connectivity index (χ3v) is 9.38. The van der Waals surface area contributed by atoms with E-state index in [0.717, 1.165) is 61.7 Å². The van der Waals surface area contributed by atoms with Crippen molar-refractivity contribution in [3.8, 4) is 39.8 Å². The number of imidazole rings is 1. The molecule has 0 amide bonds. The molecule has 0 fully saturated rings. The third kappa shape index (κ3) is 4.17. The second kappa shape index (κ2) is 10.9. The van der Waals surface area contributed by atoms with Crippen LogP contribution in [0.3, 0.4) is 0 Å². The molecule has 4 heterocycles. The van der Waals surface area contributed by atoms with Crippen LogP contribution in [0.25, 0.3) is 83.7 Å². The van der Waals surface area contributed by atoms with E-state index in [-0.39, 0.29) is 0 Å². The number of hydrogen-bond donors (Lipinski definition) is 0. The first kappa shape index (κ1) is 27.3. The zero-order valence-corrected chi connectivity index (χ0v) is 26.3. The SMILES string of the molecule is c1ccc(-c2nc3c(c4c5c6ccccc6n(-c6ccc(-c7ncccn7)cc6)c5ccc4n3-c3ccccc3)n2-c2ccccc2)cc1. The molecule has 0 radical (unpaired) electrons. The molecule has 0 bridgehead atoms. The van der Waals surface area contributed by atoms with E-state index >= 15 is 0 Å². The van der Waals surface area contributed by atoms with Gasteiger partial charge in [-0.3, -0.25) is 9.13 Å². The van der Waals surface area contributed by atoms with Crippen LogP contribution in [0.5, 0.6) is 0 Å². The Bertz CT molecular complexity index is 2780. The predicted molar refractivity (Wildman–Crippen MR) is 199 cm³/mol. The van der Waals surface area contributed by atoms with Gasteiger partial charge in [-0.1, -0.05) is 84.9 Å². The Hall–Kier alpha value is -6.79. The molecular weight excluding hydrogens is 601 g/mol. The van der Waals surface area contributed by atoms with Gasteiger partial charge in [-0.15, -0.1) is 0 Å². The van der Waals surface area contributed by atoms with E-state index in [4.69, 9.17) is 4.98 Å². The summed E-state index contributed by atoms with van der Waals surface area (Å²) in [6.07, 6.45) is 3.56. The molecule has 4 aromatic heterocycles. The Morgan fingerprint density at radius 2 is 0.959 bits per heavy atom. The monoisotopic (exact) mass is 628 g/mol. The van der Waals surface area contributed by atoms with Crippen LogP contribution in [0.15, 0.2) is 170 Å². The molecule has 0 saturated heterocycles. The Morgan fingerprint density at radius 3 is 1.65 bits per heavy atom. The summed E-state index contributed by atoms with van der Waals surface area (Å²) in [6.45, 7) is 0. The Kier molecular flexibility index (Phi) is 6.08. The van der Waals surface area contributed by atoms with Crippen LogP contribution >= 0.6 is 0 Å². The zero-order valence-electron chi connectivity index (χ0n) is 26.3. The summed E-state index contributed by atoms with van der Waals surface area (Å²) in [5.74, 6) is 1.62. The maximum Gasteiger partial charge on any atom is 0.165 e. The number of aromatic nitrogens is 6. The van der Waals surface area contributed by atoms with Gasteiger partial charge in [0.25, 0.3) is 0 Å². The van der Waals surface area contributed by atoms with Gasteiger partial charge in [-0.25, -0.2) is 15.0 Å².